The van der Waals surface area contributed by atoms with Crippen LogP contribution < -0.4 is 4.89 Å². The zero-order chi connectivity index (χ0) is 19.2. The van der Waals surface area contributed by atoms with E-state index in [-0.39, 0.29) is 25.1 Å². The molecule has 2 atom stereocenters. The van der Waals surface area contributed by atoms with Crippen LogP contribution in [-0.2, 0) is 23.1 Å². The van der Waals surface area contributed by atoms with Crippen LogP contribution >= 0.6 is 19.6 Å². The maximum atomic E-state index is 11.0. The number of quaternary nitrogens is 1. The molecule has 7 nitrogen and oxygen atoms in total. The molecule has 0 aromatic rings. The maximum absolute atomic E-state index is 11.0. The van der Waals surface area contributed by atoms with Crippen LogP contribution in [0.2, 0.25) is 0 Å². The van der Waals surface area contributed by atoms with Crippen molar-refractivity contribution in [3.8, 4) is 0 Å². The van der Waals surface area contributed by atoms with Gasteiger partial charge in [0.05, 0.1) is 40.3 Å². The molecule has 0 heterocycles. The summed E-state index contributed by atoms with van der Waals surface area (Å²) in [6, 6.07) is 0. The zero-order valence-corrected chi connectivity index (χ0v) is 17.8. The predicted octanol–water partition coefficient (Wildman–Crippen LogP) is 2.15. The van der Waals surface area contributed by atoms with Crippen LogP contribution in [0.4, 0.5) is 0 Å². The van der Waals surface area contributed by atoms with E-state index >= 15 is 0 Å². The molecular formula is C15H34NO6PS. The third-order valence-electron chi connectivity index (χ3n) is 2.56. The molecule has 24 heavy (non-hydrogen) atoms. The van der Waals surface area contributed by atoms with E-state index in [2.05, 4.69) is 16.0 Å². The molecule has 0 aliphatic heterocycles. The van der Waals surface area contributed by atoms with E-state index in [0.29, 0.717) is 17.6 Å². The third-order valence-corrected chi connectivity index (χ3v) is 4.78. The summed E-state index contributed by atoms with van der Waals surface area (Å²) in [7, 11) is 1.84. The number of ether oxygens (including phenoxy) is 1. The van der Waals surface area contributed by atoms with E-state index in [0.717, 1.165) is 11.5 Å². The second-order valence-electron chi connectivity index (χ2n) is 6.02. The monoisotopic (exact) mass is 387 g/mol. The Kier molecular flexibility index (Phi) is 15.3. The molecule has 0 bridgehead atoms. The van der Waals surface area contributed by atoms with E-state index in [9.17, 15) is 14.3 Å². The fourth-order valence-electron chi connectivity index (χ4n) is 1.27. The third kappa shape index (κ3) is 18.2. The lowest BCUT2D eigenvalue weighted by Gasteiger charge is -2.26. The van der Waals surface area contributed by atoms with Gasteiger partial charge in [0.2, 0.25) is 0 Å². The fourth-order valence-corrected chi connectivity index (χ4v) is 2.69. The molecule has 2 unspecified atom stereocenters. The van der Waals surface area contributed by atoms with Crippen LogP contribution in [0.25, 0.3) is 0 Å². The van der Waals surface area contributed by atoms with Crippen molar-refractivity contribution in [3.63, 3.8) is 0 Å². The number of likely N-dealkylation sites (N-methyl/N-ethyl adjacent to an activating group) is 1. The molecule has 0 amide bonds. The van der Waals surface area contributed by atoms with Crippen molar-refractivity contribution in [1.29, 1.82) is 0 Å². The van der Waals surface area contributed by atoms with Crippen molar-refractivity contribution in [2.75, 3.05) is 59.0 Å². The van der Waals surface area contributed by atoms with E-state index in [1.54, 1.807) is 18.7 Å². The van der Waals surface area contributed by atoms with Crippen molar-refractivity contribution < 1.29 is 32.5 Å². The van der Waals surface area contributed by atoms with Gasteiger partial charge in [-0.15, -0.1) is 0 Å². The van der Waals surface area contributed by atoms with Gasteiger partial charge in [-0.2, -0.15) is 11.8 Å². The normalized spacial score (nSPS) is 15.0. The van der Waals surface area contributed by atoms with Gasteiger partial charge < -0.3 is 23.2 Å². The number of thioether (sulfide) groups is 1. The fraction of sp³-hybridized carbons (Fsp3) is 0.933. The summed E-state index contributed by atoms with van der Waals surface area (Å²) in [6.45, 7) is 8.81. The Balaban J connectivity index is 0. The summed E-state index contributed by atoms with van der Waals surface area (Å²) >= 11 is 1.77. The topological polar surface area (TPSA) is 84.9 Å². The number of phosphoric ester groups is 1. The Hall–Kier alpha value is -0.110. The Morgan fingerprint density at radius 1 is 1.17 bits per heavy atom. The molecule has 146 valence electrons. The lowest BCUT2D eigenvalue weighted by molar-refractivity contribution is -0.870. The molecule has 0 saturated heterocycles. The molecule has 0 fully saturated rings. The molecule has 0 saturated carbocycles. The van der Waals surface area contributed by atoms with E-state index < -0.39 is 7.82 Å². The largest absolute Gasteiger partial charge is 0.756 e. The number of rotatable bonds is 11. The average molecular weight is 387 g/mol. The molecule has 0 aromatic carbocycles. The first-order valence-electron chi connectivity index (χ1n) is 8.14. The van der Waals surface area contributed by atoms with E-state index in [4.69, 9.17) is 4.74 Å². The molecule has 0 N–H and O–H groups in total. The smallest absolute Gasteiger partial charge is 0.309 e. The summed E-state index contributed by atoms with van der Waals surface area (Å²) in [6.07, 6.45) is 0. The van der Waals surface area contributed by atoms with Gasteiger partial charge in [-0.3, -0.25) is 9.36 Å². The summed E-state index contributed by atoms with van der Waals surface area (Å²) in [5.74, 6) is 1.90. The van der Waals surface area contributed by atoms with Crippen molar-refractivity contribution in [1.82, 2.24) is 0 Å². The Labute approximate surface area is 151 Å². The van der Waals surface area contributed by atoms with Crippen LogP contribution in [-0.4, -0.2) is 69.5 Å². The number of hydrogen-bond donors (Lipinski definition) is 0. The van der Waals surface area contributed by atoms with Crippen LogP contribution in [0.5, 0.6) is 0 Å². The Bertz CT molecular complexity index is 375. The molecule has 0 radical (unpaired) electrons. The van der Waals surface area contributed by atoms with Gasteiger partial charge in [-0.1, -0.05) is 13.8 Å². The Morgan fingerprint density at radius 2 is 1.75 bits per heavy atom. The van der Waals surface area contributed by atoms with Gasteiger partial charge in [0, 0.05) is 5.75 Å². The zero-order valence-electron chi connectivity index (χ0n) is 16.1. The van der Waals surface area contributed by atoms with Crippen molar-refractivity contribution in [2.24, 2.45) is 5.92 Å². The highest BCUT2D eigenvalue weighted by Crippen LogP contribution is 2.37. The summed E-state index contributed by atoms with van der Waals surface area (Å²) in [4.78, 5) is 21.9. The quantitative estimate of drug-likeness (QED) is 0.305. The summed E-state index contributed by atoms with van der Waals surface area (Å²) in [5.41, 5.74) is 0. The molecule has 0 rings (SSSR count). The summed E-state index contributed by atoms with van der Waals surface area (Å²) in [5, 5.41) is 0. The first-order valence-corrected chi connectivity index (χ1v) is 10.8. The van der Waals surface area contributed by atoms with Crippen LogP contribution in [0.3, 0.4) is 0 Å². The molecule has 0 aliphatic rings. The molecule has 0 aliphatic carbocycles. The molecular weight excluding hydrogens is 353 g/mol. The van der Waals surface area contributed by atoms with Crippen LogP contribution in [0.1, 0.15) is 27.7 Å². The van der Waals surface area contributed by atoms with Gasteiger partial charge >= 0.3 is 5.97 Å². The standard InChI is InChI=1S/C8H16O2S.C7H18NO4P/c1-4-10-8(9)7(3)6-11-5-2;1-5-11-13(9,10)12-7-6-8(2,3)4/h7H,4-6H2,1-3H3;5-7H2,1-4H3. The van der Waals surface area contributed by atoms with Gasteiger partial charge in [0.1, 0.15) is 13.2 Å². The SMILES string of the molecule is CCOC(=O)C(C)CSCC.CCOP(=O)([O-])OCC[N+](C)(C)C. The molecule has 0 spiro atoms. The van der Waals surface area contributed by atoms with Crippen molar-refractivity contribution >= 4 is 25.6 Å². The van der Waals surface area contributed by atoms with Crippen molar-refractivity contribution in [3.05, 3.63) is 0 Å². The predicted molar refractivity (Wildman–Crippen MR) is 96.9 cm³/mol. The van der Waals surface area contributed by atoms with Gasteiger partial charge in [-0.05, 0) is 19.6 Å². The highest BCUT2D eigenvalue weighted by Gasteiger charge is 2.13. The lowest BCUT2D eigenvalue weighted by atomic mass is 10.2. The van der Waals surface area contributed by atoms with Gasteiger partial charge in [0.25, 0.3) is 7.82 Å². The minimum absolute atomic E-state index is 0.0416. The summed E-state index contributed by atoms with van der Waals surface area (Å²) < 4.78 is 25.4. The molecule has 9 heteroatoms. The van der Waals surface area contributed by atoms with E-state index in [1.807, 2.05) is 35.0 Å². The second kappa shape index (κ2) is 14.1. The van der Waals surface area contributed by atoms with Gasteiger partial charge in [0.15, 0.2) is 0 Å². The number of carbonyl (C=O) groups is 1. The highest BCUT2D eigenvalue weighted by atomic mass is 32.2. The maximum Gasteiger partial charge on any atom is 0.309 e. The van der Waals surface area contributed by atoms with Crippen molar-refractivity contribution in [2.45, 2.75) is 27.7 Å². The number of esters is 1. The van der Waals surface area contributed by atoms with Crippen LogP contribution in [0, 0.1) is 5.92 Å². The lowest BCUT2D eigenvalue weighted by Crippen LogP contribution is -2.37. The van der Waals surface area contributed by atoms with Crippen LogP contribution in [0.15, 0.2) is 0 Å². The number of phosphoric acid groups is 1. The number of carbonyl (C=O) groups excluding carboxylic acids is 1. The average Bonchev–Trinajstić information content (AvgIpc) is 2.43. The number of nitrogens with zero attached hydrogens (tertiary/aromatic N) is 1. The number of hydrogen-bond acceptors (Lipinski definition) is 7. The minimum atomic E-state index is -4.04. The second-order valence-corrected chi connectivity index (χ2v) is 8.75. The molecule has 0 aromatic heterocycles. The first kappa shape index (κ1) is 26.1. The first-order chi connectivity index (χ1) is 11.0. The van der Waals surface area contributed by atoms with Gasteiger partial charge in [-0.25, -0.2) is 0 Å². The highest BCUT2D eigenvalue weighted by molar-refractivity contribution is 7.99. The Morgan fingerprint density at radius 3 is 2.17 bits per heavy atom. The minimum Gasteiger partial charge on any atom is -0.756 e. The van der Waals surface area contributed by atoms with E-state index in [1.165, 1.54) is 0 Å².